The van der Waals surface area contributed by atoms with E-state index in [1.54, 1.807) is 18.2 Å². The molecular weight excluding hydrogens is 352 g/mol. The molecule has 5 nitrogen and oxygen atoms in total. The van der Waals surface area contributed by atoms with E-state index in [0.29, 0.717) is 21.6 Å². The number of halogens is 1. The highest BCUT2D eigenvalue weighted by molar-refractivity contribution is 9.10. The largest absolute Gasteiger partial charge is 0.399 e. The normalized spacial score (nSPS) is 11.3. The first-order chi connectivity index (χ1) is 8.78. The first-order valence-electron chi connectivity index (χ1n) is 5.38. The molecule has 0 saturated carbocycles. The number of hydrogen-bond donors (Lipinski definition) is 2. The summed E-state index contributed by atoms with van der Waals surface area (Å²) in [6.07, 6.45) is 1.18. The maximum atomic E-state index is 11.6. The van der Waals surface area contributed by atoms with Gasteiger partial charge in [-0.15, -0.1) is 0 Å². The van der Waals surface area contributed by atoms with E-state index in [1.165, 1.54) is 18.0 Å². The number of hydrogen-bond acceptors (Lipinski definition) is 5. The Labute approximate surface area is 125 Å². The molecule has 0 atom stereocenters. The number of anilines is 2. The molecule has 1 aromatic rings. The van der Waals surface area contributed by atoms with Crippen molar-refractivity contribution in [1.29, 1.82) is 0 Å². The van der Waals surface area contributed by atoms with Crippen LogP contribution in [0.1, 0.15) is 0 Å². The number of benzene rings is 1. The van der Waals surface area contributed by atoms with Crippen LogP contribution in [0.4, 0.5) is 11.4 Å². The topological polar surface area (TPSA) is 89.3 Å². The standard InChI is InChI=1S/C11H15BrN2O3S2/c1-19(16,17)5-4-18-7-11(15)14-10-3-2-8(13)6-9(10)12/h2-3,6H,4-5,7,13H2,1H3,(H,14,15). The quantitative estimate of drug-likeness (QED) is 0.591. The summed E-state index contributed by atoms with van der Waals surface area (Å²) in [5, 5.41) is 2.72. The summed E-state index contributed by atoms with van der Waals surface area (Å²) in [6.45, 7) is 0. The Bertz CT molecular complexity index is 561. The van der Waals surface area contributed by atoms with Crippen LogP contribution >= 0.6 is 27.7 Å². The molecule has 0 aliphatic heterocycles. The lowest BCUT2D eigenvalue weighted by Gasteiger charge is -2.07. The van der Waals surface area contributed by atoms with E-state index in [0.717, 1.165) is 0 Å². The second-order valence-corrected chi connectivity index (χ2v) is 8.19. The summed E-state index contributed by atoms with van der Waals surface area (Å²) in [7, 11) is -2.97. The monoisotopic (exact) mass is 366 g/mol. The second kappa shape index (κ2) is 7.16. The Hall–Kier alpha value is -0.730. The number of nitrogen functional groups attached to an aromatic ring is 1. The van der Waals surface area contributed by atoms with Gasteiger partial charge in [-0.25, -0.2) is 8.42 Å². The third kappa shape index (κ3) is 6.84. The van der Waals surface area contributed by atoms with E-state index in [-0.39, 0.29) is 17.4 Å². The van der Waals surface area contributed by atoms with Crippen LogP contribution in [-0.2, 0) is 14.6 Å². The molecule has 1 aromatic carbocycles. The number of thioether (sulfide) groups is 1. The molecule has 0 bridgehead atoms. The average molecular weight is 367 g/mol. The van der Waals surface area contributed by atoms with Gasteiger partial charge in [-0.05, 0) is 34.1 Å². The Balaban J connectivity index is 2.39. The predicted molar refractivity (Wildman–Crippen MR) is 84.2 cm³/mol. The molecule has 1 rings (SSSR count). The van der Waals surface area contributed by atoms with E-state index in [9.17, 15) is 13.2 Å². The van der Waals surface area contributed by atoms with Crippen molar-refractivity contribution in [2.24, 2.45) is 0 Å². The van der Waals surface area contributed by atoms with E-state index < -0.39 is 9.84 Å². The fourth-order valence-electron chi connectivity index (χ4n) is 1.19. The van der Waals surface area contributed by atoms with Gasteiger partial charge in [0.25, 0.3) is 0 Å². The molecule has 106 valence electrons. The molecule has 3 N–H and O–H groups in total. The lowest BCUT2D eigenvalue weighted by molar-refractivity contribution is -0.113. The minimum atomic E-state index is -2.97. The van der Waals surface area contributed by atoms with Gasteiger partial charge >= 0.3 is 0 Å². The van der Waals surface area contributed by atoms with Crippen molar-refractivity contribution in [2.45, 2.75) is 0 Å². The lowest BCUT2D eigenvalue weighted by atomic mass is 10.3. The summed E-state index contributed by atoms with van der Waals surface area (Å²) in [5.74, 6) is 0.529. The molecule has 0 heterocycles. The van der Waals surface area contributed by atoms with Gasteiger partial charge in [-0.3, -0.25) is 4.79 Å². The fourth-order valence-corrected chi connectivity index (χ4v) is 3.77. The van der Waals surface area contributed by atoms with Crippen LogP contribution in [0.2, 0.25) is 0 Å². The highest BCUT2D eigenvalue weighted by Gasteiger charge is 2.07. The van der Waals surface area contributed by atoms with Crippen molar-refractivity contribution in [3.05, 3.63) is 22.7 Å². The second-order valence-electron chi connectivity index (χ2n) is 3.97. The summed E-state index contributed by atoms with van der Waals surface area (Å²) in [4.78, 5) is 11.6. The van der Waals surface area contributed by atoms with Crippen LogP contribution in [0.5, 0.6) is 0 Å². The molecule has 19 heavy (non-hydrogen) atoms. The summed E-state index contributed by atoms with van der Waals surface area (Å²) in [6, 6.07) is 5.10. The molecular formula is C11H15BrN2O3S2. The van der Waals surface area contributed by atoms with Gasteiger partial charge in [0.15, 0.2) is 0 Å². The van der Waals surface area contributed by atoms with Gasteiger partial charge in [0.1, 0.15) is 9.84 Å². The van der Waals surface area contributed by atoms with Crippen LogP contribution in [0.25, 0.3) is 0 Å². The van der Waals surface area contributed by atoms with Crippen molar-refractivity contribution < 1.29 is 13.2 Å². The van der Waals surface area contributed by atoms with Crippen LogP contribution in [0.3, 0.4) is 0 Å². The Morgan fingerprint density at radius 3 is 2.74 bits per heavy atom. The van der Waals surface area contributed by atoms with Gasteiger partial charge < -0.3 is 11.1 Å². The van der Waals surface area contributed by atoms with Gasteiger partial charge in [0.05, 0.1) is 17.2 Å². The van der Waals surface area contributed by atoms with E-state index in [4.69, 9.17) is 5.73 Å². The fraction of sp³-hybridized carbons (Fsp3) is 0.364. The molecule has 0 aliphatic carbocycles. The van der Waals surface area contributed by atoms with E-state index in [1.807, 2.05) is 0 Å². The number of carbonyl (C=O) groups is 1. The zero-order valence-electron chi connectivity index (χ0n) is 10.3. The maximum absolute atomic E-state index is 11.6. The third-order valence-electron chi connectivity index (χ3n) is 2.10. The summed E-state index contributed by atoms with van der Waals surface area (Å²) >= 11 is 4.59. The van der Waals surface area contributed by atoms with E-state index in [2.05, 4.69) is 21.2 Å². The minimum Gasteiger partial charge on any atom is -0.399 e. The highest BCUT2D eigenvalue weighted by Crippen LogP contribution is 2.24. The Morgan fingerprint density at radius 1 is 1.47 bits per heavy atom. The van der Waals surface area contributed by atoms with Crippen molar-refractivity contribution in [3.63, 3.8) is 0 Å². The van der Waals surface area contributed by atoms with Crippen LogP contribution in [-0.4, -0.2) is 37.8 Å². The first-order valence-corrected chi connectivity index (χ1v) is 9.39. The number of sulfone groups is 1. The number of nitrogens with one attached hydrogen (secondary N) is 1. The number of rotatable bonds is 6. The minimum absolute atomic E-state index is 0.0799. The van der Waals surface area contributed by atoms with Crippen LogP contribution in [0, 0.1) is 0 Å². The maximum Gasteiger partial charge on any atom is 0.234 e. The summed E-state index contributed by atoms with van der Waals surface area (Å²) < 4.78 is 22.5. The van der Waals surface area contributed by atoms with Gasteiger partial charge in [0, 0.05) is 22.2 Å². The molecule has 8 heteroatoms. The number of amides is 1. The van der Waals surface area contributed by atoms with Gasteiger partial charge in [0.2, 0.25) is 5.91 Å². The smallest absolute Gasteiger partial charge is 0.234 e. The third-order valence-corrected chi connectivity index (χ3v) is 4.92. The predicted octanol–water partition coefficient (Wildman–Crippen LogP) is 1.75. The zero-order chi connectivity index (χ0) is 14.5. The summed E-state index contributed by atoms with van der Waals surface area (Å²) in [5.41, 5.74) is 6.84. The van der Waals surface area contributed by atoms with Gasteiger partial charge in [-0.2, -0.15) is 11.8 Å². The number of carbonyl (C=O) groups excluding carboxylic acids is 1. The average Bonchev–Trinajstić information content (AvgIpc) is 2.27. The van der Waals surface area contributed by atoms with Crippen molar-refractivity contribution in [2.75, 3.05) is 34.6 Å². The lowest BCUT2D eigenvalue weighted by Crippen LogP contribution is -2.16. The Kier molecular flexibility index (Phi) is 6.15. The van der Waals surface area contributed by atoms with E-state index >= 15 is 0 Å². The molecule has 0 fully saturated rings. The molecule has 0 spiro atoms. The molecule has 0 aliphatic rings. The van der Waals surface area contributed by atoms with Gasteiger partial charge in [-0.1, -0.05) is 0 Å². The van der Waals surface area contributed by atoms with Crippen molar-refractivity contribution in [1.82, 2.24) is 0 Å². The Morgan fingerprint density at radius 2 is 2.16 bits per heavy atom. The molecule has 0 unspecified atom stereocenters. The molecule has 0 aromatic heterocycles. The zero-order valence-corrected chi connectivity index (χ0v) is 13.6. The molecule has 1 amide bonds. The van der Waals surface area contributed by atoms with Crippen LogP contribution in [0.15, 0.2) is 22.7 Å². The number of nitrogens with two attached hydrogens (primary N) is 1. The van der Waals surface area contributed by atoms with Crippen molar-refractivity contribution in [3.8, 4) is 0 Å². The molecule has 0 radical (unpaired) electrons. The van der Waals surface area contributed by atoms with Crippen molar-refractivity contribution >= 4 is 54.8 Å². The molecule has 0 saturated heterocycles. The highest BCUT2D eigenvalue weighted by atomic mass is 79.9. The van der Waals surface area contributed by atoms with Crippen LogP contribution < -0.4 is 11.1 Å². The first kappa shape index (κ1) is 16.3. The SMILES string of the molecule is CS(=O)(=O)CCSCC(=O)Nc1ccc(N)cc1Br.